The summed E-state index contributed by atoms with van der Waals surface area (Å²) in [6.07, 6.45) is 0. The van der Waals surface area contributed by atoms with Crippen LogP contribution in [0.15, 0.2) is 18.2 Å². The predicted molar refractivity (Wildman–Crippen MR) is 55.5 cm³/mol. The van der Waals surface area contributed by atoms with Gasteiger partial charge >= 0.3 is 0 Å². The van der Waals surface area contributed by atoms with E-state index in [0.717, 1.165) is 5.19 Å². The van der Waals surface area contributed by atoms with Crippen molar-refractivity contribution in [3.63, 3.8) is 0 Å². The molecule has 0 aromatic heterocycles. The highest BCUT2D eigenvalue weighted by atomic mass is 28.3. The van der Waals surface area contributed by atoms with Crippen molar-refractivity contribution in [1.82, 2.24) is 0 Å². The summed E-state index contributed by atoms with van der Waals surface area (Å²) >= 11 is 0. The van der Waals surface area contributed by atoms with Crippen LogP contribution >= 0.6 is 0 Å². The Hall–Kier alpha value is -0.963. The van der Waals surface area contributed by atoms with E-state index in [2.05, 4.69) is 19.6 Å². The number of nitrogens with two attached hydrogens (primary N) is 1. The van der Waals surface area contributed by atoms with Crippen molar-refractivity contribution < 1.29 is 5.11 Å². The van der Waals surface area contributed by atoms with Crippen LogP contribution in [0.3, 0.4) is 0 Å². The zero-order valence-electron chi connectivity index (χ0n) is 7.76. The lowest BCUT2D eigenvalue weighted by molar-refractivity contribution is 0.478. The van der Waals surface area contributed by atoms with E-state index >= 15 is 0 Å². The molecule has 1 rings (SSSR count). The van der Waals surface area contributed by atoms with E-state index in [0.29, 0.717) is 5.69 Å². The van der Waals surface area contributed by atoms with E-state index in [1.807, 2.05) is 12.1 Å². The number of anilines is 1. The maximum Gasteiger partial charge on any atom is 0.138 e. The molecule has 0 atom stereocenters. The molecular formula is C9H15NOSi. The average molecular weight is 181 g/mol. The van der Waals surface area contributed by atoms with Crippen LogP contribution in [0.2, 0.25) is 19.6 Å². The molecule has 12 heavy (non-hydrogen) atoms. The van der Waals surface area contributed by atoms with E-state index in [-0.39, 0.29) is 5.75 Å². The zero-order chi connectivity index (χ0) is 9.35. The minimum absolute atomic E-state index is 0.204. The Morgan fingerprint density at radius 1 is 1.25 bits per heavy atom. The van der Waals surface area contributed by atoms with Gasteiger partial charge in [0.15, 0.2) is 0 Å². The third-order valence-electron chi connectivity index (χ3n) is 1.89. The van der Waals surface area contributed by atoms with Crippen LogP contribution in [0.5, 0.6) is 5.75 Å². The molecule has 0 aliphatic carbocycles. The van der Waals surface area contributed by atoms with Crippen LogP contribution in [0, 0.1) is 0 Å². The van der Waals surface area contributed by atoms with Crippen molar-refractivity contribution in [3.8, 4) is 5.75 Å². The van der Waals surface area contributed by atoms with Gasteiger partial charge in [0.05, 0.1) is 13.8 Å². The number of aromatic hydroxyl groups is 1. The lowest BCUT2D eigenvalue weighted by atomic mass is 10.3. The molecule has 3 heteroatoms. The molecule has 66 valence electrons. The minimum Gasteiger partial charge on any atom is -0.506 e. The summed E-state index contributed by atoms with van der Waals surface area (Å²) in [5, 5.41) is 10.5. The van der Waals surface area contributed by atoms with Gasteiger partial charge in [-0.2, -0.15) is 0 Å². The van der Waals surface area contributed by atoms with Gasteiger partial charge in [0.25, 0.3) is 0 Å². The number of phenolic OH excluding ortho intramolecular Hbond substituents is 1. The van der Waals surface area contributed by atoms with Crippen molar-refractivity contribution in [2.45, 2.75) is 19.6 Å². The number of hydrogen-bond acceptors (Lipinski definition) is 2. The van der Waals surface area contributed by atoms with E-state index in [4.69, 9.17) is 5.73 Å². The second-order valence-corrected chi connectivity index (χ2v) is 9.03. The van der Waals surface area contributed by atoms with Gasteiger partial charge in [-0.05, 0) is 11.3 Å². The monoisotopic (exact) mass is 181 g/mol. The highest BCUT2D eigenvalue weighted by molar-refractivity contribution is 6.89. The lowest BCUT2D eigenvalue weighted by Crippen LogP contribution is -2.39. The molecule has 0 aliphatic rings. The molecule has 0 heterocycles. The lowest BCUT2D eigenvalue weighted by Gasteiger charge is -2.19. The standard InChI is InChI=1S/C9H15NOSi/c1-12(2,3)8-6-4-5-7(11)9(8)10/h4-6,11H,10H2,1-3H3. The fourth-order valence-electron chi connectivity index (χ4n) is 1.21. The second-order valence-electron chi connectivity index (χ2n) is 3.99. The Bertz CT molecular complexity index is 291. The highest BCUT2D eigenvalue weighted by Crippen LogP contribution is 2.19. The Labute approximate surface area is 74.0 Å². The maximum absolute atomic E-state index is 9.36. The first-order valence-corrected chi connectivity index (χ1v) is 7.51. The number of nitrogen functional groups attached to an aromatic ring is 1. The predicted octanol–water partition coefficient (Wildman–Crippen LogP) is 1.52. The van der Waals surface area contributed by atoms with Crippen LogP contribution < -0.4 is 10.9 Å². The highest BCUT2D eigenvalue weighted by Gasteiger charge is 2.20. The van der Waals surface area contributed by atoms with Gasteiger partial charge in [-0.1, -0.05) is 31.8 Å². The van der Waals surface area contributed by atoms with E-state index < -0.39 is 8.07 Å². The molecular weight excluding hydrogens is 166 g/mol. The first-order valence-electron chi connectivity index (χ1n) is 4.01. The van der Waals surface area contributed by atoms with E-state index in [1.165, 1.54) is 0 Å². The van der Waals surface area contributed by atoms with Gasteiger partial charge in [-0.15, -0.1) is 0 Å². The van der Waals surface area contributed by atoms with E-state index in [1.54, 1.807) is 6.07 Å². The van der Waals surface area contributed by atoms with Gasteiger partial charge in [0, 0.05) is 0 Å². The summed E-state index contributed by atoms with van der Waals surface area (Å²) in [6.45, 7) is 6.62. The van der Waals surface area contributed by atoms with Crippen molar-refractivity contribution in [2.75, 3.05) is 5.73 Å². The number of phenols is 1. The summed E-state index contributed by atoms with van der Waals surface area (Å²) < 4.78 is 0. The molecule has 0 spiro atoms. The van der Waals surface area contributed by atoms with Crippen molar-refractivity contribution in [3.05, 3.63) is 18.2 Å². The third kappa shape index (κ3) is 1.61. The second kappa shape index (κ2) is 2.82. The molecule has 3 N–H and O–H groups in total. The Morgan fingerprint density at radius 3 is 2.25 bits per heavy atom. The molecule has 2 nitrogen and oxygen atoms in total. The van der Waals surface area contributed by atoms with Gasteiger partial charge in [-0.25, -0.2) is 0 Å². The summed E-state index contributed by atoms with van der Waals surface area (Å²) in [4.78, 5) is 0. The molecule has 0 fully saturated rings. The zero-order valence-corrected chi connectivity index (χ0v) is 8.76. The summed E-state index contributed by atoms with van der Waals surface area (Å²) in [5.74, 6) is 0.204. The molecule has 0 amide bonds. The molecule has 1 aromatic rings. The fraction of sp³-hybridized carbons (Fsp3) is 0.333. The van der Waals surface area contributed by atoms with Crippen LogP contribution in [-0.4, -0.2) is 13.2 Å². The summed E-state index contributed by atoms with van der Waals surface area (Å²) in [6, 6.07) is 5.47. The first-order chi connectivity index (χ1) is 5.43. The minimum atomic E-state index is -1.39. The van der Waals surface area contributed by atoms with Crippen molar-refractivity contribution >= 4 is 18.9 Å². The van der Waals surface area contributed by atoms with Gasteiger partial charge < -0.3 is 10.8 Å². The molecule has 0 aliphatic heterocycles. The van der Waals surface area contributed by atoms with Crippen LogP contribution in [0.25, 0.3) is 0 Å². The molecule has 0 radical (unpaired) electrons. The largest absolute Gasteiger partial charge is 0.506 e. The first kappa shape index (κ1) is 9.13. The molecule has 1 aromatic carbocycles. The van der Waals surface area contributed by atoms with E-state index in [9.17, 15) is 5.11 Å². The number of benzene rings is 1. The molecule has 0 saturated heterocycles. The molecule has 0 bridgehead atoms. The normalized spacial score (nSPS) is 11.6. The fourth-order valence-corrected chi connectivity index (χ4v) is 2.74. The summed E-state index contributed by atoms with van der Waals surface area (Å²) in [7, 11) is -1.39. The van der Waals surface area contributed by atoms with Crippen molar-refractivity contribution in [1.29, 1.82) is 0 Å². The molecule has 0 unspecified atom stereocenters. The Kier molecular flexibility index (Phi) is 2.15. The third-order valence-corrected chi connectivity index (χ3v) is 3.94. The van der Waals surface area contributed by atoms with Crippen molar-refractivity contribution in [2.24, 2.45) is 0 Å². The SMILES string of the molecule is C[Si](C)(C)c1cccc(O)c1N. The topological polar surface area (TPSA) is 46.2 Å². The van der Waals surface area contributed by atoms with Crippen LogP contribution in [0.1, 0.15) is 0 Å². The van der Waals surface area contributed by atoms with Crippen LogP contribution in [0.4, 0.5) is 5.69 Å². The maximum atomic E-state index is 9.36. The average Bonchev–Trinajstić information content (AvgIpc) is 1.92. The number of rotatable bonds is 1. The van der Waals surface area contributed by atoms with Gasteiger partial charge in [-0.3, -0.25) is 0 Å². The van der Waals surface area contributed by atoms with Gasteiger partial charge in [0.1, 0.15) is 5.75 Å². The number of para-hydroxylation sites is 1. The molecule has 0 saturated carbocycles. The Morgan fingerprint density at radius 2 is 1.83 bits per heavy atom. The Balaban J connectivity index is 3.26. The quantitative estimate of drug-likeness (QED) is 0.392. The van der Waals surface area contributed by atoms with Gasteiger partial charge in [0.2, 0.25) is 0 Å². The summed E-state index contributed by atoms with van der Waals surface area (Å²) in [5.41, 5.74) is 6.31. The smallest absolute Gasteiger partial charge is 0.138 e. The van der Waals surface area contributed by atoms with Crippen LogP contribution in [-0.2, 0) is 0 Å². The number of hydrogen-bond donors (Lipinski definition) is 2.